The molecule has 1 amide bonds. The van der Waals surface area contributed by atoms with E-state index in [1.54, 1.807) is 23.8 Å². The molecule has 2 heterocycles. The average Bonchev–Trinajstić information content (AvgIpc) is 2.95. The number of nitrogens with two attached hydrogens (primary N) is 1. The average molecular weight is 245 g/mol. The maximum Gasteiger partial charge on any atom is 0.268 e. The number of imidazole rings is 1. The van der Waals surface area contributed by atoms with E-state index in [0.717, 1.165) is 0 Å². The molecule has 0 fully saturated rings. The molecule has 0 atom stereocenters. The van der Waals surface area contributed by atoms with E-state index in [0.29, 0.717) is 23.6 Å². The SMILES string of the molecule is Cc1oc(Cn2ccnc2C#N)cc1C(=O)NN. The van der Waals surface area contributed by atoms with E-state index in [-0.39, 0.29) is 5.82 Å². The lowest BCUT2D eigenvalue weighted by atomic mass is 10.2. The van der Waals surface area contributed by atoms with Gasteiger partial charge in [-0.25, -0.2) is 10.8 Å². The maximum absolute atomic E-state index is 11.4. The fourth-order valence-electron chi connectivity index (χ4n) is 1.64. The third-order valence-electron chi connectivity index (χ3n) is 2.49. The fourth-order valence-corrected chi connectivity index (χ4v) is 1.64. The van der Waals surface area contributed by atoms with E-state index in [1.165, 1.54) is 6.20 Å². The minimum atomic E-state index is -0.409. The number of furan rings is 1. The van der Waals surface area contributed by atoms with Crippen LogP contribution in [-0.2, 0) is 6.54 Å². The number of nitriles is 1. The number of carbonyl (C=O) groups is 1. The fraction of sp³-hybridized carbons (Fsp3) is 0.182. The van der Waals surface area contributed by atoms with Crippen molar-refractivity contribution in [3.05, 3.63) is 41.4 Å². The summed E-state index contributed by atoms with van der Waals surface area (Å²) in [5.41, 5.74) is 2.43. The van der Waals surface area contributed by atoms with Crippen molar-refractivity contribution < 1.29 is 9.21 Å². The van der Waals surface area contributed by atoms with Crippen molar-refractivity contribution in [2.45, 2.75) is 13.5 Å². The first-order chi connectivity index (χ1) is 8.65. The third-order valence-corrected chi connectivity index (χ3v) is 2.49. The van der Waals surface area contributed by atoms with Crippen LogP contribution in [-0.4, -0.2) is 15.5 Å². The number of hydrazine groups is 1. The summed E-state index contributed by atoms with van der Waals surface area (Å²) in [5, 5.41) is 8.83. The minimum Gasteiger partial charge on any atom is -0.464 e. The number of aryl methyl sites for hydroxylation is 1. The first-order valence-electron chi connectivity index (χ1n) is 5.17. The van der Waals surface area contributed by atoms with E-state index in [9.17, 15) is 4.79 Å². The molecular weight excluding hydrogens is 234 g/mol. The Balaban J connectivity index is 2.26. The Hall–Kier alpha value is -2.59. The maximum atomic E-state index is 11.4. The molecule has 2 rings (SSSR count). The lowest BCUT2D eigenvalue weighted by Gasteiger charge is -1.99. The van der Waals surface area contributed by atoms with Crippen LogP contribution in [0.2, 0.25) is 0 Å². The Morgan fingerprint density at radius 2 is 2.50 bits per heavy atom. The van der Waals surface area contributed by atoms with Gasteiger partial charge in [0.15, 0.2) is 0 Å². The van der Waals surface area contributed by atoms with Crippen LogP contribution in [0.3, 0.4) is 0 Å². The molecule has 0 radical (unpaired) electrons. The first kappa shape index (κ1) is 11.9. The number of hydrogen-bond donors (Lipinski definition) is 2. The summed E-state index contributed by atoms with van der Waals surface area (Å²) in [4.78, 5) is 15.3. The molecule has 0 unspecified atom stereocenters. The first-order valence-corrected chi connectivity index (χ1v) is 5.17. The number of aromatic nitrogens is 2. The van der Waals surface area contributed by atoms with Gasteiger partial charge in [0.05, 0.1) is 12.1 Å². The molecule has 0 spiro atoms. The van der Waals surface area contributed by atoms with Crippen molar-refractivity contribution in [3.63, 3.8) is 0 Å². The van der Waals surface area contributed by atoms with Gasteiger partial charge in [0.2, 0.25) is 5.82 Å². The zero-order chi connectivity index (χ0) is 13.1. The van der Waals surface area contributed by atoms with Gasteiger partial charge in [-0.1, -0.05) is 0 Å². The van der Waals surface area contributed by atoms with Gasteiger partial charge in [-0.05, 0) is 13.0 Å². The highest BCUT2D eigenvalue weighted by atomic mass is 16.3. The highest BCUT2D eigenvalue weighted by molar-refractivity contribution is 5.94. The van der Waals surface area contributed by atoms with E-state index >= 15 is 0 Å². The number of amides is 1. The summed E-state index contributed by atoms with van der Waals surface area (Å²) < 4.78 is 7.06. The molecule has 7 nitrogen and oxygen atoms in total. The molecular formula is C11H11N5O2. The van der Waals surface area contributed by atoms with Gasteiger partial charge in [0.1, 0.15) is 17.6 Å². The van der Waals surface area contributed by atoms with Crippen LogP contribution in [0.15, 0.2) is 22.9 Å². The molecule has 0 aliphatic heterocycles. The summed E-state index contributed by atoms with van der Waals surface area (Å²) in [6.07, 6.45) is 3.20. The van der Waals surface area contributed by atoms with Crippen LogP contribution in [0, 0.1) is 18.3 Å². The van der Waals surface area contributed by atoms with Crippen molar-refractivity contribution in [1.82, 2.24) is 15.0 Å². The summed E-state index contributed by atoms with van der Waals surface area (Å²) in [5.74, 6) is 5.98. The molecule has 92 valence electrons. The van der Waals surface area contributed by atoms with Crippen molar-refractivity contribution in [1.29, 1.82) is 5.26 Å². The molecule has 0 aliphatic carbocycles. The molecule has 3 N–H and O–H groups in total. The molecule has 18 heavy (non-hydrogen) atoms. The van der Waals surface area contributed by atoms with E-state index in [4.69, 9.17) is 15.5 Å². The predicted octanol–water partition coefficient (Wildman–Crippen LogP) is 0.308. The Bertz CT molecular complexity index is 620. The molecule has 0 saturated carbocycles. The Morgan fingerprint density at radius 1 is 1.72 bits per heavy atom. The van der Waals surface area contributed by atoms with Gasteiger partial charge in [-0.2, -0.15) is 5.26 Å². The van der Waals surface area contributed by atoms with Crippen LogP contribution in [0.5, 0.6) is 0 Å². The quantitative estimate of drug-likeness (QED) is 0.459. The standard InChI is InChI=1S/C11H11N5O2/c1-7-9(11(17)15-13)4-8(18-7)6-16-3-2-14-10(16)5-12/h2-4H,6,13H2,1H3,(H,15,17). The molecule has 0 saturated heterocycles. The third kappa shape index (κ3) is 2.09. The van der Waals surface area contributed by atoms with Crippen LogP contribution in [0.25, 0.3) is 0 Å². The van der Waals surface area contributed by atoms with Gasteiger partial charge in [-0.3, -0.25) is 10.2 Å². The summed E-state index contributed by atoms with van der Waals surface area (Å²) in [7, 11) is 0. The predicted molar refractivity (Wildman–Crippen MR) is 61.1 cm³/mol. The molecule has 0 aliphatic rings. The number of hydrogen-bond acceptors (Lipinski definition) is 5. The monoisotopic (exact) mass is 245 g/mol. The van der Waals surface area contributed by atoms with Gasteiger partial charge >= 0.3 is 0 Å². The largest absolute Gasteiger partial charge is 0.464 e. The van der Waals surface area contributed by atoms with E-state index < -0.39 is 5.91 Å². The number of nitrogens with one attached hydrogen (secondary N) is 1. The van der Waals surface area contributed by atoms with Gasteiger partial charge < -0.3 is 8.98 Å². The van der Waals surface area contributed by atoms with Crippen LogP contribution in [0.1, 0.15) is 27.7 Å². The zero-order valence-corrected chi connectivity index (χ0v) is 9.67. The second-order valence-corrected chi connectivity index (χ2v) is 3.65. The number of nitrogens with zero attached hydrogens (tertiary/aromatic N) is 3. The van der Waals surface area contributed by atoms with Gasteiger partial charge in [0, 0.05) is 12.4 Å². The van der Waals surface area contributed by atoms with Gasteiger partial charge in [-0.15, -0.1) is 0 Å². The van der Waals surface area contributed by atoms with Crippen molar-refractivity contribution in [2.24, 2.45) is 5.84 Å². The highest BCUT2D eigenvalue weighted by Crippen LogP contribution is 2.16. The molecule has 2 aromatic rings. The van der Waals surface area contributed by atoms with Crippen molar-refractivity contribution >= 4 is 5.91 Å². The number of nitrogen functional groups attached to an aromatic ring is 1. The van der Waals surface area contributed by atoms with Crippen LogP contribution < -0.4 is 11.3 Å². The van der Waals surface area contributed by atoms with Gasteiger partial charge in [0.25, 0.3) is 5.91 Å². The van der Waals surface area contributed by atoms with E-state index in [2.05, 4.69) is 4.98 Å². The summed E-state index contributed by atoms with van der Waals surface area (Å²) in [6.45, 7) is 2.01. The van der Waals surface area contributed by atoms with Crippen molar-refractivity contribution in [2.75, 3.05) is 0 Å². The zero-order valence-electron chi connectivity index (χ0n) is 9.67. The van der Waals surface area contributed by atoms with Crippen LogP contribution in [0.4, 0.5) is 0 Å². The number of carbonyl (C=O) groups excluding carboxylic acids is 1. The molecule has 0 aromatic carbocycles. The topological polar surface area (TPSA) is 110 Å². The lowest BCUT2D eigenvalue weighted by Crippen LogP contribution is -2.30. The molecule has 2 aromatic heterocycles. The Labute approximate surface area is 103 Å². The Morgan fingerprint density at radius 3 is 3.17 bits per heavy atom. The van der Waals surface area contributed by atoms with Crippen molar-refractivity contribution in [3.8, 4) is 6.07 Å². The molecule has 7 heteroatoms. The van der Waals surface area contributed by atoms with Crippen LogP contribution >= 0.6 is 0 Å². The number of rotatable bonds is 3. The minimum absolute atomic E-state index is 0.286. The normalized spacial score (nSPS) is 10.1. The second kappa shape index (κ2) is 4.73. The smallest absolute Gasteiger partial charge is 0.268 e. The Kier molecular flexibility index (Phi) is 3.12. The summed E-state index contributed by atoms with van der Waals surface area (Å²) >= 11 is 0. The highest BCUT2D eigenvalue weighted by Gasteiger charge is 2.14. The second-order valence-electron chi connectivity index (χ2n) is 3.65. The lowest BCUT2D eigenvalue weighted by molar-refractivity contribution is 0.0952. The molecule has 0 bridgehead atoms. The van der Waals surface area contributed by atoms with E-state index in [1.807, 2.05) is 11.5 Å². The summed E-state index contributed by atoms with van der Waals surface area (Å²) in [6, 6.07) is 3.56.